The third-order valence-corrected chi connectivity index (χ3v) is 5.02. The molecule has 0 aliphatic carbocycles. The fourth-order valence-corrected chi connectivity index (χ4v) is 3.63. The molecule has 0 radical (unpaired) electrons. The largest absolute Gasteiger partial charge is 0.497 e. The molecule has 0 aliphatic rings. The zero-order valence-corrected chi connectivity index (χ0v) is 19.1. The molecule has 1 heterocycles. The van der Waals surface area contributed by atoms with E-state index in [1.54, 1.807) is 36.8 Å². The summed E-state index contributed by atoms with van der Waals surface area (Å²) in [6.45, 7) is 7.67. The summed E-state index contributed by atoms with van der Waals surface area (Å²) in [6.07, 6.45) is 0. The Hall–Kier alpha value is -3.26. The third-order valence-electron chi connectivity index (χ3n) is 4.51. The number of carbonyl (C=O) groups excluding carboxylic acids is 2. The molecule has 0 saturated carbocycles. The molecule has 3 rings (SSSR count). The first-order valence-electron chi connectivity index (χ1n) is 9.83. The van der Waals surface area contributed by atoms with Gasteiger partial charge in [-0.3, -0.25) is 14.5 Å². The number of benzene rings is 2. The highest BCUT2D eigenvalue weighted by Gasteiger charge is 2.35. The van der Waals surface area contributed by atoms with Crippen LogP contribution in [-0.2, 0) is 4.79 Å². The Morgan fingerprint density at radius 3 is 2.39 bits per heavy atom. The van der Waals surface area contributed by atoms with E-state index in [4.69, 9.17) is 4.74 Å². The minimum atomic E-state index is -0.901. The molecular weight excluding hydrogens is 412 g/mol. The topological polar surface area (TPSA) is 84.4 Å². The Morgan fingerprint density at radius 1 is 1.13 bits per heavy atom. The zero-order valence-electron chi connectivity index (χ0n) is 18.2. The lowest BCUT2D eigenvalue weighted by molar-refractivity contribution is -0.123. The molecule has 31 heavy (non-hydrogen) atoms. The summed E-state index contributed by atoms with van der Waals surface area (Å²) in [5.41, 5.74) is 1.95. The Bertz CT molecular complexity index is 1040. The monoisotopic (exact) mass is 438 g/mol. The van der Waals surface area contributed by atoms with Crippen molar-refractivity contribution < 1.29 is 14.3 Å². The average molecular weight is 439 g/mol. The van der Waals surface area contributed by atoms with Crippen molar-refractivity contribution >= 4 is 29.0 Å². The van der Waals surface area contributed by atoms with E-state index in [0.29, 0.717) is 17.0 Å². The maximum Gasteiger partial charge on any atom is 0.280 e. The second-order valence-electron chi connectivity index (χ2n) is 8.22. The molecule has 162 valence electrons. The SMILES string of the molecule is COc1ccc(N(C(=O)c2csnn2)[C@@H](C(=O)NC(C)(C)C)c2cccc(C)c2)cc1. The molecule has 0 fully saturated rings. The van der Waals surface area contributed by atoms with Gasteiger partial charge in [0.2, 0.25) is 5.91 Å². The van der Waals surface area contributed by atoms with Crippen LogP contribution in [-0.4, -0.2) is 34.1 Å². The van der Waals surface area contributed by atoms with Gasteiger partial charge < -0.3 is 10.1 Å². The predicted molar refractivity (Wildman–Crippen MR) is 122 cm³/mol. The first-order chi connectivity index (χ1) is 14.7. The fraction of sp³-hybridized carbons (Fsp3) is 0.304. The summed E-state index contributed by atoms with van der Waals surface area (Å²) in [6, 6.07) is 13.7. The van der Waals surface area contributed by atoms with Gasteiger partial charge in [0.1, 0.15) is 11.8 Å². The fourth-order valence-electron chi connectivity index (χ4n) is 3.20. The minimum Gasteiger partial charge on any atom is -0.497 e. The first-order valence-corrected chi connectivity index (χ1v) is 10.7. The maximum absolute atomic E-state index is 13.5. The molecule has 0 bridgehead atoms. The summed E-state index contributed by atoms with van der Waals surface area (Å²) in [4.78, 5) is 28.5. The molecule has 0 unspecified atom stereocenters. The minimum absolute atomic E-state index is 0.182. The van der Waals surface area contributed by atoms with Crippen molar-refractivity contribution in [1.29, 1.82) is 0 Å². The number of hydrogen-bond donors (Lipinski definition) is 1. The number of ether oxygens (including phenoxy) is 1. The molecule has 0 saturated heterocycles. The second kappa shape index (κ2) is 9.26. The molecule has 2 aromatic carbocycles. The van der Waals surface area contributed by atoms with Gasteiger partial charge in [-0.05, 0) is 69.1 Å². The Kier molecular flexibility index (Phi) is 6.70. The standard InChI is InChI=1S/C23H26N4O3S/c1-15-7-6-8-16(13-15)20(21(28)24-23(2,3)4)27(22(29)19-14-31-26-25-19)17-9-11-18(30-5)12-10-17/h6-14,20H,1-5H3,(H,24,28)/t20-/m1/s1. The van der Waals surface area contributed by atoms with Crippen molar-refractivity contribution in [3.63, 3.8) is 0 Å². The molecule has 1 atom stereocenters. The number of aryl methyl sites for hydroxylation is 1. The van der Waals surface area contributed by atoms with Gasteiger partial charge in [0.05, 0.1) is 7.11 Å². The molecule has 0 spiro atoms. The van der Waals surface area contributed by atoms with E-state index >= 15 is 0 Å². The normalized spacial score (nSPS) is 12.2. The Balaban J connectivity index is 2.17. The molecule has 2 amide bonds. The molecule has 8 heteroatoms. The third kappa shape index (κ3) is 5.46. The van der Waals surface area contributed by atoms with Gasteiger partial charge in [-0.2, -0.15) is 0 Å². The number of nitrogens with zero attached hydrogens (tertiary/aromatic N) is 3. The number of rotatable bonds is 6. The maximum atomic E-state index is 13.5. The van der Waals surface area contributed by atoms with Crippen LogP contribution in [0.15, 0.2) is 53.9 Å². The van der Waals surface area contributed by atoms with Gasteiger partial charge in [-0.15, -0.1) is 5.10 Å². The van der Waals surface area contributed by atoms with E-state index in [1.165, 1.54) is 4.90 Å². The van der Waals surface area contributed by atoms with Crippen molar-refractivity contribution in [1.82, 2.24) is 14.9 Å². The van der Waals surface area contributed by atoms with Crippen LogP contribution in [0.5, 0.6) is 5.75 Å². The number of aromatic nitrogens is 2. The lowest BCUT2D eigenvalue weighted by Crippen LogP contribution is -2.49. The van der Waals surface area contributed by atoms with E-state index in [2.05, 4.69) is 14.9 Å². The van der Waals surface area contributed by atoms with Gasteiger partial charge in [-0.25, -0.2) is 0 Å². The van der Waals surface area contributed by atoms with E-state index in [0.717, 1.165) is 17.1 Å². The van der Waals surface area contributed by atoms with Crippen LogP contribution < -0.4 is 15.0 Å². The molecular formula is C23H26N4O3S. The van der Waals surface area contributed by atoms with Gasteiger partial charge >= 0.3 is 0 Å². The van der Waals surface area contributed by atoms with Gasteiger partial charge in [0.15, 0.2) is 5.69 Å². The number of carbonyl (C=O) groups is 2. The highest BCUT2D eigenvalue weighted by Crippen LogP contribution is 2.31. The van der Waals surface area contributed by atoms with E-state index < -0.39 is 17.5 Å². The summed E-state index contributed by atoms with van der Waals surface area (Å²) in [5, 5.41) is 8.54. The number of hydrogen-bond acceptors (Lipinski definition) is 6. The summed E-state index contributed by atoms with van der Waals surface area (Å²) < 4.78 is 9.07. The smallest absolute Gasteiger partial charge is 0.280 e. The number of amides is 2. The summed E-state index contributed by atoms with van der Waals surface area (Å²) >= 11 is 1.09. The van der Waals surface area contributed by atoms with Gasteiger partial charge in [-0.1, -0.05) is 34.3 Å². The number of methoxy groups -OCH3 is 1. The molecule has 1 aromatic heterocycles. The van der Waals surface area contributed by atoms with E-state index in [-0.39, 0.29) is 11.6 Å². The zero-order chi connectivity index (χ0) is 22.6. The van der Waals surface area contributed by atoms with Crippen LogP contribution in [0.2, 0.25) is 0 Å². The van der Waals surface area contributed by atoms with Crippen LogP contribution >= 0.6 is 11.5 Å². The number of nitrogens with one attached hydrogen (secondary N) is 1. The first kappa shape index (κ1) is 22.4. The highest BCUT2D eigenvalue weighted by molar-refractivity contribution is 7.03. The second-order valence-corrected chi connectivity index (χ2v) is 8.83. The van der Waals surface area contributed by atoms with Crippen molar-refractivity contribution in [2.45, 2.75) is 39.3 Å². The van der Waals surface area contributed by atoms with Crippen molar-refractivity contribution in [2.75, 3.05) is 12.0 Å². The van der Waals surface area contributed by atoms with Crippen LogP contribution in [0, 0.1) is 6.92 Å². The van der Waals surface area contributed by atoms with E-state index in [1.807, 2.05) is 52.0 Å². The van der Waals surface area contributed by atoms with E-state index in [9.17, 15) is 9.59 Å². The highest BCUT2D eigenvalue weighted by atomic mass is 32.1. The lowest BCUT2D eigenvalue weighted by atomic mass is 9.99. The lowest BCUT2D eigenvalue weighted by Gasteiger charge is -2.33. The Labute approximate surface area is 186 Å². The molecule has 0 aliphatic heterocycles. The van der Waals surface area contributed by atoms with Gasteiger partial charge in [0.25, 0.3) is 5.91 Å². The summed E-state index contributed by atoms with van der Waals surface area (Å²) in [7, 11) is 1.57. The Morgan fingerprint density at radius 2 is 1.84 bits per heavy atom. The van der Waals surface area contributed by atoms with Crippen LogP contribution in [0.1, 0.15) is 48.4 Å². The number of anilines is 1. The van der Waals surface area contributed by atoms with Crippen molar-refractivity contribution in [2.24, 2.45) is 0 Å². The molecule has 7 nitrogen and oxygen atoms in total. The van der Waals surface area contributed by atoms with Gasteiger partial charge in [0, 0.05) is 16.6 Å². The van der Waals surface area contributed by atoms with Crippen LogP contribution in [0.4, 0.5) is 5.69 Å². The average Bonchev–Trinajstić information content (AvgIpc) is 3.25. The predicted octanol–water partition coefficient (Wildman–Crippen LogP) is 4.16. The van der Waals surface area contributed by atoms with Crippen LogP contribution in [0.25, 0.3) is 0 Å². The molecule has 3 aromatic rings. The molecule has 1 N–H and O–H groups in total. The summed E-state index contributed by atoms with van der Waals surface area (Å²) in [5.74, 6) is -0.0438. The quantitative estimate of drug-likeness (QED) is 0.625. The van der Waals surface area contributed by atoms with Crippen molar-refractivity contribution in [3.05, 3.63) is 70.7 Å². The van der Waals surface area contributed by atoms with Crippen LogP contribution in [0.3, 0.4) is 0 Å². The van der Waals surface area contributed by atoms with Crippen molar-refractivity contribution in [3.8, 4) is 5.75 Å².